The minimum absolute atomic E-state index is 0.0289. The van der Waals surface area contributed by atoms with Gasteiger partial charge >= 0.3 is 5.97 Å². The summed E-state index contributed by atoms with van der Waals surface area (Å²) in [7, 11) is 0. The molecule has 0 aliphatic rings. The van der Waals surface area contributed by atoms with Gasteiger partial charge in [0.1, 0.15) is 0 Å². The molecule has 2 rings (SSSR count). The number of rotatable bonds is 5. The van der Waals surface area contributed by atoms with E-state index in [1.807, 2.05) is 19.9 Å². The Balaban J connectivity index is 2.08. The van der Waals surface area contributed by atoms with E-state index in [1.54, 1.807) is 17.6 Å². The van der Waals surface area contributed by atoms with Gasteiger partial charge in [0.25, 0.3) is 5.91 Å². The molecule has 0 saturated heterocycles. The van der Waals surface area contributed by atoms with Gasteiger partial charge in [0, 0.05) is 17.5 Å². The van der Waals surface area contributed by atoms with Gasteiger partial charge in [-0.2, -0.15) is 0 Å². The summed E-state index contributed by atoms with van der Waals surface area (Å²) in [6, 6.07) is 5.34. The number of fused-ring (bicyclic) bond motifs is 1. The van der Waals surface area contributed by atoms with E-state index in [-0.39, 0.29) is 12.3 Å². The van der Waals surface area contributed by atoms with E-state index in [2.05, 4.69) is 10.3 Å². The number of aromatic nitrogens is 1. The van der Waals surface area contributed by atoms with Crippen molar-refractivity contribution in [1.29, 1.82) is 0 Å². The maximum atomic E-state index is 12.2. The van der Waals surface area contributed by atoms with E-state index in [1.165, 1.54) is 11.3 Å². The predicted octanol–water partition coefficient (Wildman–Crippen LogP) is 2.67. The molecule has 0 bridgehead atoms. The highest BCUT2D eigenvalue weighted by Crippen LogP contribution is 2.20. The fourth-order valence-corrected chi connectivity index (χ4v) is 2.57. The molecule has 0 radical (unpaired) electrons. The lowest BCUT2D eigenvalue weighted by Gasteiger charge is -2.25. The van der Waals surface area contributed by atoms with Crippen molar-refractivity contribution in [2.45, 2.75) is 32.2 Å². The van der Waals surface area contributed by atoms with Crippen molar-refractivity contribution in [1.82, 2.24) is 10.3 Å². The first-order valence-corrected chi connectivity index (χ1v) is 7.13. The van der Waals surface area contributed by atoms with Gasteiger partial charge in [-0.3, -0.25) is 9.59 Å². The lowest BCUT2D eigenvalue weighted by atomic mass is 9.98. The number of carboxylic acids is 1. The Morgan fingerprint density at radius 2 is 2.15 bits per heavy atom. The van der Waals surface area contributed by atoms with E-state index < -0.39 is 11.5 Å². The lowest BCUT2D eigenvalue weighted by Crippen LogP contribution is -2.43. The average Bonchev–Trinajstić information content (AvgIpc) is 2.83. The van der Waals surface area contributed by atoms with Crippen LogP contribution in [0.2, 0.25) is 0 Å². The SMILES string of the molecule is CC(C)(CCC(=O)O)NC(=O)c1ccc2ncsc2c1. The van der Waals surface area contributed by atoms with Crippen LogP contribution in [0.4, 0.5) is 0 Å². The molecule has 106 valence electrons. The highest BCUT2D eigenvalue weighted by molar-refractivity contribution is 7.16. The molecule has 0 spiro atoms. The van der Waals surface area contributed by atoms with Crippen molar-refractivity contribution >= 4 is 33.4 Å². The number of carbonyl (C=O) groups is 2. The molecule has 5 nitrogen and oxygen atoms in total. The highest BCUT2D eigenvalue weighted by Gasteiger charge is 2.22. The zero-order chi connectivity index (χ0) is 14.8. The summed E-state index contributed by atoms with van der Waals surface area (Å²) >= 11 is 1.48. The van der Waals surface area contributed by atoms with E-state index in [0.717, 1.165) is 10.2 Å². The van der Waals surface area contributed by atoms with Crippen molar-refractivity contribution in [3.05, 3.63) is 29.3 Å². The summed E-state index contributed by atoms with van der Waals surface area (Å²) in [6.07, 6.45) is 0.415. The lowest BCUT2D eigenvalue weighted by molar-refractivity contribution is -0.137. The fourth-order valence-electron chi connectivity index (χ4n) is 1.86. The fraction of sp³-hybridized carbons (Fsp3) is 0.357. The van der Waals surface area contributed by atoms with Crippen LogP contribution in [-0.2, 0) is 4.79 Å². The number of thiazole rings is 1. The average molecular weight is 292 g/mol. The van der Waals surface area contributed by atoms with Crippen LogP contribution in [0.3, 0.4) is 0 Å². The molecular weight excluding hydrogens is 276 g/mol. The van der Waals surface area contributed by atoms with Crippen molar-refractivity contribution in [3.8, 4) is 0 Å². The number of benzene rings is 1. The largest absolute Gasteiger partial charge is 0.481 e. The van der Waals surface area contributed by atoms with Crippen LogP contribution in [-0.4, -0.2) is 27.5 Å². The molecule has 1 heterocycles. The standard InChI is InChI=1S/C14H16N2O3S/c1-14(2,6-5-12(17)18)16-13(19)9-3-4-10-11(7-9)20-8-15-10/h3-4,7-8H,5-6H2,1-2H3,(H,16,19)(H,17,18). The first-order valence-electron chi connectivity index (χ1n) is 6.25. The summed E-state index contributed by atoms with van der Waals surface area (Å²) in [5.41, 5.74) is 2.61. The Kier molecular flexibility index (Phi) is 4.04. The van der Waals surface area contributed by atoms with Crippen LogP contribution >= 0.6 is 11.3 Å². The molecule has 0 saturated carbocycles. The number of aliphatic carboxylic acids is 1. The maximum absolute atomic E-state index is 12.2. The van der Waals surface area contributed by atoms with Gasteiger partial charge in [-0.25, -0.2) is 4.98 Å². The second-order valence-electron chi connectivity index (χ2n) is 5.27. The van der Waals surface area contributed by atoms with Crippen molar-refractivity contribution in [2.24, 2.45) is 0 Å². The van der Waals surface area contributed by atoms with Gasteiger partial charge in [0.2, 0.25) is 0 Å². The van der Waals surface area contributed by atoms with Gasteiger partial charge < -0.3 is 10.4 Å². The second-order valence-corrected chi connectivity index (χ2v) is 6.15. The molecule has 0 fully saturated rings. The summed E-state index contributed by atoms with van der Waals surface area (Å²) < 4.78 is 0.959. The normalized spacial score (nSPS) is 11.5. The number of amides is 1. The number of nitrogens with zero attached hydrogens (tertiary/aromatic N) is 1. The zero-order valence-corrected chi connectivity index (χ0v) is 12.2. The minimum Gasteiger partial charge on any atom is -0.481 e. The zero-order valence-electron chi connectivity index (χ0n) is 11.3. The van der Waals surface area contributed by atoms with Gasteiger partial charge in [-0.15, -0.1) is 11.3 Å². The van der Waals surface area contributed by atoms with Crippen LogP contribution in [0, 0.1) is 0 Å². The van der Waals surface area contributed by atoms with Crippen LogP contribution < -0.4 is 5.32 Å². The minimum atomic E-state index is -0.863. The molecule has 0 aliphatic heterocycles. The van der Waals surface area contributed by atoms with Crippen molar-refractivity contribution in [2.75, 3.05) is 0 Å². The smallest absolute Gasteiger partial charge is 0.303 e. The summed E-state index contributed by atoms with van der Waals surface area (Å²) in [5.74, 6) is -1.06. The van der Waals surface area contributed by atoms with Crippen LogP contribution in [0.25, 0.3) is 10.2 Å². The maximum Gasteiger partial charge on any atom is 0.303 e. The molecule has 0 aliphatic carbocycles. The van der Waals surface area contributed by atoms with Crippen LogP contribution in [0.5, 0.6) is 0 Å². The molecule has 6 heteroatoms. The Hall–Kier alpha value is -1.95. The third-order valence-corrected chi connectivity index (χ3v) is 3.80. The summed E-state index contributed by atoms with van der Waals surface area (Å²) in [5, 5.41) is 11.6. The van der Waals surface area contributed by atoms with E-state index in [0.29, 0.717) is 12.0 Å². The molecule has 1 amide bonds. The number of carbonyl (C=O) groups excluding carboxylic acids is 1. The molecule has 2 N–H and O–H groups in total. The number of nitrogens with one attached hydrogen (secondary N) is 1. The molecule has 1 aromatic heterocycles. The Labute approximate surface area is 120 Å². The number of hydrogen-bond donors (Lipinski definition) is 2. The van der Waals surface area contributed by atoms with E-state index in [9.17, 15) is 9.59 Å². The molecular formula is C14H16N2O3S. The first kappa shape index (κ1) is 14.5. The van der Waals surface area contributed by atoms with Crippen molar-refractivity contribution < 1.29 is 14.7 Å². The molecule has 20 heavy (non-hydrogen) atoms. The molecule has 2 aromatic rings. The quantitative estimate of drug-likeness (QED) is 0.888. The van der Waals surface area contributed by atoms with Crippen molar-refractivity contribution in [3.63, 3.8) is 0 Å². The second kappa shape index (κ2) is 5.58. The molecule has 0 atom stereocenters. The van der Waals surface area contributed by atoms with Gasteiger partial charge in [-0.05, 0) is 38.5 Å². The van der Waals surface area contributed by atoms with E-state index in [4.69, 9.17) is 5.11 Å². The third-order valence-electron chi connectivity index (χ3n) is 3.01. The number of carboxylic acid groups (broad SMARTS) is 1. The van der Waals surface area contributed by atoms with Gasteiger partial charge in [0.15, 0.2) is 0 Å². The van der Waals surface area contributed by atoms with Gasteiger partial charge in [-0.1, -0.05) is 0 Å². The Morgan fingerprint density at radius 1 is 1.40 bits per heavy atom. The molecule has 0 unspecified atom stereocenters. The number of hydrogen-bond acceptors (Lipinski definition) is 4. The Bertz CT molecular complexity index is 649. The monoisotopic (exact) mass is 292 g/mol. The topological polar surface area (TPSA) is 79.3 Å². The first-order chi connectivity index (χ1) is 9.37. The Morgan fingerprint density at radius 3 is 2.85 bits per heavy atom. The van der Waals surface area contributed by atoms with Gasteiger partial charge in [0.05, 0.1) is 15.7 Å². The predicted molar refractivity (Wildman–Crippen MR) is 78.0 cm³/mol. The third kappa shape index (κ3) is 3.54. The van der Waals surface area contributed by atoms with Crippen LogP contribution in [0.1, 0.15) is 37.0 Å². The highest BCUT2D eigenvalue weighted by atomic mass is 32.1. The summed E-state index contributed by atoms with van der Waals surface area (Å²) in [4.78, 5) is 27.0. The van der Waals surface area contributed by atoms with Crippen LogP contribution in [0.15, 0.2) is 23.7 Å². The molecule has 1 aromatic carbocycles. The summed E-state index contributed by atoms with van der Waals surface area (Å²) in [6.45, 7) is 3.64. The van der Waals surface area contributed by atoms with E-state index >= 15 is 0 Å².